The van der Waals surface area contributed by atoms with E-state index < -0.39 is 11.1 Å². The van der Waals surface area contributed by atoms with Crippen molar-refractivity contribution < 1.29 is 0 Å². The molecule has 0 spiro atoms. The van der Waals surface area contributed by atoms with Gasteiger partial charge in [0.15, 0.2) is 0 Å². The quantitative estimate of drug-likeness (QED) is 0.617. The molecule has 0 saturated carbocycles. The van der Waals surface area contributed by atoms with Crippen LogP contribution in [0.25, 0.3) is 0 Å². The van der Waals surface area contributed by atoms with E-state index in [1.807, 2.05) is 37.3 Å². The lowest BCUT2D eigenvalue weighted by atomic mass is 10.1. The monoisotopic (exact) mass is 270 g/mol. The summed E-state index contributed by atoms with van der Waals surface area (Å²) < 4.78 is 2.90. The van der Waals surface area contributed by atoms with Crippen LogP contribution in [0.2, 0.25) is 0 Å². The van der Waals surface area contributed by atoms with Crippen molar-refractivity contribution in [2.24, 2.45) is 0 Å². The second-order valence-corrected chi connectivity index (χ2v) is 4.67. The van der Waals surface area contributed by atoms with E-state index in [0.29, 0.717) is 13.0 Å². The van der Waals surface area contributed by atoms with Crippen LogP contribution in [0.5, 0.6) is 0 Å². The number of hydrogen-bond donors (Lipinski definition) is 0. The predicted octanol–water partition coefficient (Wildman–Crippen LogP) is 2.20. The van der Waals surface area contributed by atoms with E-state index >= 15 is 0 Å². The molecule has 0 amide bonds. The van der Waals surface area contributed by atoms with Gasteiger partial charge in [0.05, 0.1) is 6.04 Å². The third-order valence-corrected chi connectivity index (χ3v) is 3.36. The zero-order chi connectivity index (χ0) is 14.5. The third kappa shape index (κ3) is 2.79. The van der Waals surface area contributed by atoms with Crippen LogP contribution in [0.1, 0.15) is 24.9 Å². The lowest BCUT2D eigenvalue weighted by molar-refractivity contribution is 0.570. The molecule has 0 radical (unpaired) electrons. The Balaban J connectivity index is 2.39. The van der Waals surface area contributed by atoms with Crippen molar-refractivity contribution in [3.8, 4) is 0 Å². The van der Waals surface area contributed by atoms with Crippen molar-refractivity contribution in [3.05, 3.63) is 81.7 Å². The number of rotatable bonds is 5. The van der Waals surface area contributed by atoms with E-state index in [1.54, 1.807) is 18.5 Å². The summed E-state index contributed by atoms with van der Waals surface area (Å²) in [4.78, 5) is 24.2. The Morgan fingerprint density at radius 2 is 1.85 bits per heavy atom. The number of allylic oxidation sites excluding steroid dienone is 1. The highest BCUT2D eigenvalue weighted by molar-refractivity contribution is 5.19. The van der Waals surface area contributed by atoms with Crippen molar-refractivity contribution in [1.29, 1.82) is 0 Å². The molecule has 1 heterocycles. The molecular weight excluding hydrogens is 252 g/mol. The fourth-order valence-corrected chi connectivity index (χ4v) is 2.12. The van der Waals surface area contributed by atoms with Gasteiger partial charge in [-0.05, 0) is 18.9 Å². The fourth-order valence-electron chi connectivity index (χ4n) is 2.12. The number of aryl methyl sites for hydroxylation is 1. The molecule has 0 bridgehead atoms. The van der Waals surface area contributed by atoms with E-state index in [0.717, 1.165) is 5.56 Å². The zero-order valence-electron chi connectivity index (χ0n) is 11.5. The topological polar surface area (TPSA) is 44.0 Å². The van der Waals surface area contributed by atoms with Gasteiger partial charge in [0, 0.05) is 18.9 Å². The smallest absolute Gasteiger partial charge is 0.309 e. The minimum absolute atomic E-state index is 0.162. The van der Waals surface area contributed by atoms with E-state index in [9.17, 15) is 9.59 Å². The SMILES string of the molecule is C=CCCn1ccn(C(C)c2ccccc2)c(=O)c1=O. The molecule has 0 N–H and O–H groups in total. The Kier molecular flexibility index (Phi) is 4.35. The van der Waals surface area contributed by atoms with Crippen LogP contribution in [-0.2, 0) is 6.54 Å². The molecule has 0 fully saturated rings. The standard InChI is InChI=1S/C16H18N2O2/c1-3-4-10-17-11-12-18(16(20)15(17)19)13(2)14-8-6-5-7-9-14/h3,5-9,11-13H,1,4,10H2,2H3. The van der Waals surface area contributed by atoms with E-state index in [-0.39, 0.29) is 6.04 Å². The molecular formula is C16H18N2O2. The summed E-state index contributed by atoms with van der Waals surface area (Å²) in [5.74, 6) is 0. The molecule has 1 unspecified atom stereocenters. The summed E-state index contributed by atoms with van der Waals surface area (Å²) >= 11 is 0. The first-order chi connectivity index (χ1) is 9.65. The zero-order valence-corrected chi connectivity index (χ0v) is 11.5. The van der Waals surface area contributed by atoms with Crippen LogP contribution in [0.3, 0.4) is 0 Å². The molecule has 0 saturated heterocycles. The summed E-state index contributed by atoms with van der Waals surface area (Å²) in [5.41, 5.74) is 0.0166. The summed E-state index contributed by atoms with van der Waals surface area (Å²) in [6, 6.07) is 9.49. The molecule has 2 rings (SSSR count). The first-order valence-electron chi connectivity index (χ1n) is 6.62. The van der Waals surface area contributed by atoms with Gasteiger partial charge in [0.2, 0.25) is 0 Å². The minimum atomic E-state index is -0.493. The Labute approximate surface area is 117 Å². The Morgan fingerprint density at radius 3 is 2.50 bits per heavy atom. The maximum Gasteiger partial charge on any atom is 0.317 e. The van der Waals surface area contributed by atoms with Gasteiger partial charge >= 0.3 is 11.1 Å². The van der Waals surface area contributed by atoms with Gasteiger partial charge in [-0.1, -0.05) is 36.4 Å². The third-order valence-electron chi connectivity index (χ3n) is 3.36. The highest BCUT2D eigenvalue weighted by atomic mass is 16.2. The van der Waals surface area contributed by atoms with Crippen LogP contribution < -0.4 is 11.1 Å². The molecule has 1 aromatic heterocycles. The number of aromatic nitrogens is 2. The van der Waals surface area contributed by atoms with E-state index in [2.05, 4.69) is 6.58 Å². The largest absolute Gasteiger partial charge is 0.317 e. The van der Waals surface area contributed by atoms with Gasteiger partial charge in [-0.15, -0.1) is 6.58 Å². The molecule has 4 heteroatoms. The second kappa shape index (κ2) is 6.19. The second-order valence-electron chi connectivity index (χ2n) is 4.67. The normalized spacial score (nSPS) is 12.1. The molecule has 0 aliphatic carbocycles. The predicted molar refractivity (Wildman–Crippen MR) is 80.0 cm³/mol. The summed E-state index contributed by atoms with van der Waals surface area (Å²) in [7, 11) is 0. The molecule has 0 aliphatic heterocycles. The first-order valence-corrected chi connectivity index (χ1v) is 6.62. The van der Waals surface area contributed by atoms with Crippen molar-refractivity contribution in [3.63, 3.8) is 0 Å². The molecule has 1 aromatic carbocycles. The number of benzene rings is 1. The Morgan fingerprint density at radius 1 is 1.15 bits per heavy atom. The highest BCUT2D eigenvalue weighted by Crippen LogP contribution is 2.14. The number of nitrogens with zero attached hydrogens (tertiary/aromatic N) is 2. The summed E-state index contributed by atoms with van der Waals surface area (Å²) in [5, 5.41) is 0. The molecule has 104 valence electrons. The molecule has 0 aliphatic rings. The van der Waals surface area contributed by atoms with Gasteiger partial charge in [0.1, 0.15) is 0 Å². The highest BCUT2D eigenvalue weighted by Gasteiger charge is 2.11. The minimum Gasteiger partial charge on any atom is -0.309 e. The molecule has 2 aromatic rings. The lowest BCUT2D eigenvalue weighted by Gasteiger charge is -2.16. The molecule has 20 heavy (non-hydrogen) atoms. The van der Waals surface area contributed by atoms with Gasteiger partial charge in [0.25, 0.3) is 0 Å². The summed E-state index contributed by atoms with van der Waals surface area (Å²) in [6.45, 7) is 6.01. The molecule has 1 atom stereocenters. The van der Waals surface area contributed by atoms with Crippen LogP contribution >= 0.6 is 0 Å². The fraction of sp³-hybridized carbons (Fsp3) is 0.250. The van der Waals surface area contributed by atoms with Crippen LogP contribution in [0.4, 0.5) is 0 Å². The first kappa shape index (κ1) is 14.1. The Hall–Kier alpha value is -2.36. The van der Waals surface area contributed by atoms with Crippen LogP contribution in [-0.4, -0.2) is 9.13 Å². The number of hydrogen-bond acceptors (Lipinski definition) is 2. The van der Waals surface area contributed by atoms with Crippen molar-refractivity contribution in [2.75, 3.05) is 0 Å². The summed E-state index contributed by atoms with van der Waals surface area (Å²) in [6.07, 6.45) is 5.72. The Bertz CT molecular complexity index is 698. The van der Waals surface area contributed by atoms with Gasteiger partial charge in [-0.25, -0.2) is 0 Å². The van der Waals surface area contributed by atoms with Crippen molar-refractivity contribution in [2.45, 2.75) is 25.9 Å². The van der Waals surface area contributed by atoms with E-state index in [4.69, 9.17) is 0 Å². The maximum atomic E-state index is 12.2. The average Bonchev–Trinajstić information content (AvgIpc) is 2.49. The van der Waals surface area contributed by atoms with Gasteiger partial charge < -0.3 is 9.13 Å². The maximum absolute atomic E-state index is 12.2. The molecule has 4 nitrogen and oxygen atoms in total. The van der Waals surface area contributed by atoms with Gasteiger partial charge in [-0.2, -0.15) is 0 Å². The van der Waals surface area contributed by atoms with Crippen molar-refractivity contribution >= 4 is 0 Å². The lowest BCUT2D eigenvalue weighted by Crippen LogP contribution is -2.41. The van der Waals surface area contributed by atoms with E-state index in [1.165, 1.54) is 9.13 Å². The van der Waals surface area contributed by atoms with Crippen LogP contribution in [0.15, 0.2) is 65.0 Å². The van der Waals surface area contributed by atoms with Gasteiger partial charge in [-0.3, -0.25) is 9.59 Å². The average molecular weight is 270 g/mol. The van der Waals surface area contributed by atoms with Crippen molar-refractivity contribution in [1.82, 2.24) is 9.13 Å². The van der Waals surface area contributed by atoms with Crippen LogP contribution in [0, 0.1) is 0 Å².